The molecule has 0 saturated carbocycles. The minimum atomic E-state index is 0.312. The first-order chi connectivity index (χ1) is 10.2. The second kappa shape index (κ2) is 6.24. The summed E-state index contributed by atoms with van der Waals surface area (Å²) in [6, 6.07) is 11.5. The molecule has 0 aliphatic rings. The van der Waals surface area contributed by atoms with Crippen LogP contribution >= 0.6 is 0 Å². The molecule has 0 saturated heterocycles. The van der Waals surface area contributed by atoms with E-state index >= 15 is 0 Å². The maximum absolute atomic E-state index is 2.36. The Balaban J connectivity index is 2.52. The van der Waals surface area contributed by atoms with E-state index in [2.05, 4.69) is 89.7 Å². The standard InChI is InChI=1S/C21H30N/c1-15(2)18-9-8-16(3)19(13-18)20-12-17(10-11-22(20)7)14-21(4,5)6/h8-13,15H,14H2,1-7H3/q+1. The molecular weight excluding hydrogens is 266 g/mol. The molecule has 1 aromatic carbocycles. The molecule has 0 radical (unpaired) electrons. The summed E-state index contributed by atoms with van der Waals surface area (Å²) >= 11 is 0. The topological polar surface area (TPSA) is 3.88 Å². The van der Waals surface area contributed by atoms with E-state index in [1.54, 1.807) is 0 Å². The fourth-order valence-electron chi connectivity index (χ4n) is 2.88. The smallest absolute Gasteiger partial charge is 0.201 e. The number of nitrogens with zero attached hydrogens (tertiary/aromatic N) is 1. The van der Waals surface area contributed by atoms with Gasteiger partial charge in [-0.05, 0) is 47.4 Å². The molecule has 2 aromatic rings. The van der Waals surface area contributed by atoms with Gasteiger partial charge in [0.1, 0.15) is 7.05 Å². The first-order valence-electron chi connectivity index (χ1n) is 8.27. The molecule has 0 aliphatic carbocycles. The van der Waals surface area contributed by atoms with Crippen LogP contribution in [0.1, 0.15) is 57.2 Å². The van der Waals surface area contributed by atoms with Crippen molar-refractivity contribution in [1.82, 2.24) is 0 Å². The molecule has 1 nitrogen and oxygen atoms in total. The fraction of sp³-hybridized carbons (Fsp3) is 0.476. The fourth-order valence-corrected chi connectivity index (χ4v) is 2.88. The first-order valence-corrected chi connectivity index (χ1v) is 8.27. The van der Waals surface area contributed by atoms with Crippen LogP contribution in [-0.4, -0.2) is 0 Å². The van der Waals surface area contributed by atoms with Crippen LogP contribution in [0.4, 0.5) is 0 Å². The third-order valence-electron chi connectivity index (χ3n) is 4.15. The highest BCUT2D eigenvalue weighted by atomic mass is 14.9. The molecular formula is C21H30N+. The number of benzene rings is 1. The van der Waals surface area contributed by atoms with E-state index in [1.165, 1.54) is 27.9 Å². The highest BCUT2D eigenvalue weighted by Gasteiger charge is 2.18. The van der Waals surface area contributed by atoms with Gasteiger partial charge in [-0.3, -0.25) is 0 Å². The van der Waals surface area contributed by atoms with Crippen molar-refractivity contribution in [3.63, 3.8) is 0 Å². The molecule has 118 valence electrons. The number of rotatable bonds is 3. The number of aromatic nitrogens is 1. The zero-order chi connectivity index (χ0) is 16.5. The van der Waals surface area contributed by atoms with Gasteiger partial charge in [-0.25, -0.2) is 4.57 Å². The molecule has 0 N–H and O–H groups in total. The summed E-state index contributed by atoms with van der Waals surface area (Å²) in [4.78, 5) is 0. The van der Waals surface area contributed by atoms with Crippen molar-refractivity contribution in [1.29, 1.82) is 0 Å². The lowest BCUT2D eigenvalue weighted by Gasteiger charge is -2.18. The van der Waals surface area contributed by atoms with Gasteiger partial charge in [0.15, 0.2) is 6.20 Å². The van der Waals surface area contributed by atoms with Crippen molar-refractivity contribution in [2.75, 3.05) is 0 Å². The molecule has 0 fully saturated rings. The van der Waals surface area contributed by atoms with Crippen LogP contribution < -0.4 is 4.57 Å². The Morgan fingerprint density at radius 1 is 1.05 bits per heavy atom. The second-order valence-corrected chi connectivity index (χ2v) is 8.00. The van der Waals surface area contributed by atoms with E-state index in [4.69, 9.17) is 0 Å². The van der Waals surface area contributed by atoms with Gasteiger partial charge in [-0.1, -0.05) is 46.8 Å². The summed E-state index contributed by atoms with van der Waals surface area (Å²) < 4.78 is 2.23. The van der Waals surface area contributed by atoms with Gasteiger partial charge in [-0.15, -0.1) is 0 Å². The lowest BCUT2D eigenvalue weighted by Crippen LogP contribution is -2.31. The van der Waals surface area contributed by atoms with E-state index < -0.39 is 0 Å². The molecule has 1 heteroatoms. The summed E-state index contributed by atoms with van der Waals surface area (Å²) in [7, 11) is 2.14. The Labute approximate surface area is 136 Å². The van der Waals surface area contributed by atoms with E-state index in [0.29, 0.717) is 11.3 Å². The van der Waals surface area contributed by atoms with Crippen molar-refractivity contribution < 1.29 is 4.57 Å². The third-order valence-corrected chi connectivity index (χ3v) is 4.15. The van der Waals surface area contributed by atoms with Gasteiger partial charge in [0.25, 0.3) is 0 Å². The molecule has 0 spiro atoms. The third kappa shape index (κ3) is 3.97. The molecule has 0 amide bonds. The summed E-state index contributed by atoms with van der Waals surface area (Å²) in [6.45, 7) is 13.6. The zero-order valence-corrected chi connectivity index (χ0v) is 15.2. The Hall–Kier alpha value is -1.63. The van der Waals surface area contributed by atoms with E-state index in [-0.39, 0.29) is 0 Å². The van der Waals surface area contributed by atoms with Crippen LogP contribution in [0.25, 0.3) is 11.3 Å². The van der Waals surface area contributed by atoms with Crippen molar-refractivity contribution in [2.24, 2.45) is 12.5 Å². The largest absolute Gasteiger partial charge is 0.212 e. The Morgan fingerprint density at radius 3 is 2.32 bits per heavy atom. The molecule has 2 rings (SSSR count). The summed E-state index contributed by atoms with van der Waals surface area (Å²) in [5, 5.41) is 0. The number of hydrogen-bond acceptors (Lipinski definition) is 0. The van der Waals surface area contributed by atoms with E-state index in [0.717, 1.165) is 6.42 Å². The quantitative estimate of drug-likeness (QED) is 0.686. The van der Waals surface area contributed by atoms with Gasteiger partial charge in [0, 0.05) is 17.7 Å². The second-order valence-electron chi connectivity index (χ2n) is 8.00. The molecule has 1 heterocycles. The van der Waals surface area contributed by atoms with Crippen LogP contribution in [0.15, 0.2) is 36.5 Å². The Morgan fingerprint density at radius 2 is 1.73 bits per heavy atom. The van der Waals surface area contributed by atoms with E-state index in [1.807, 2.05) is 0 Å². The highest BCUT2D eigenvalue weighted by molar-refractivity contribution is 5.62. The minimum Gasteiger partial charge on any atom is -0.201 e. The van der Waals surface area contributed by atoms with Gasteiger partial charge in [0.05, 0.1) is 0 Å². The SMILES string of the molecule is Cc1ccc(C(C)C)cc1-c1cc(CC(C)(C)C)cc[n+]1C. The number of pyridine rings is 1. The molecule has 0 atom stereocenters. The minimum absolute atomic E-state index is 0.312. The van der Waals surface area contributed by atoms with Crippen molar-refractivity contribution in [3.8, 4) is 11.3 Å². The van der Waals surface area contributed by atoms with Crippen molar-refractivity contribution in [3.05, 3.63) is 53.2 Å². The lowest BCUT2D eigenvalue weighted by molar-refractivity contribution is -0.660. The maximum Gasteiger partial charge on any atom is 0.212 e. The molecule has 1 aromatic heterocycles. The summed E-state index contributed by atoms with van der Waals surface area (Å²) in [6.07, 6.45) is 3.29. The average molecular weight is 296 g/mol. The monoisotopic (exact) mass is 296 g/mol. The highest BCUT2D eigenvalue weighted by Crippen LogP contribution is 2.27. The van der Waals surface area contributed by atoms with Crippen LogP contribution in [-0.2, 0) is 13.5 Å². The van der Waals surface area contributed by atoms with Gasteiger partial charge >= 0.3 is 0 Å². The van der Waals surface area contributed by atoms with Gasteiger partial charge in [-0.2, -0.15) is 0 Å². The summed E-state index contributed by atoms with van der Waals surface area (Å²) in [5.41, 5.74) is 7.13. The Bertz CT molecular complexity index is 660. The lowest BCUT2D eigenvalue weighted by atomic mass is 9.87. The van der Waals surface area contributed by atoms with Crippen LogP contribution in [0.5, 0.6) is 0 Å². The van der Waals surface area contributed by atoms with Gasteiger partial charge < -0.3 is 0 Å². The van der Waals surface area contributed by atoms with Crippen LogP contribution in [0.3, 0.4) is 0 Å². The van der Waals surface area contributed by atoms with Crippen LogP contribution in [0, 0.1) is 12.3 Å². The van der Waals surface area contributed by atoms with Crippen molar-refractivity contribution in [2.45, 2.75) is 53.9 Å². The average Bonchev–Trinajstić information content (AvgIpc) is 2.40. The molecule has 0 aliphatic heterocycles. The molecule has 0 unspecified atom stereocenters. The molecule has 22 heavy (non-hydrogen) atoms. The number of hydrogen-bond donors (Lipinski definition) is 0. The first kappa shape index (κ1) is 16.7. The zero-order valence-electron chi connectivity index (χ0n) is 15.2. The molecule has 0 bridgehead atoms. The van der Waals surface area contributed by atoms with E-state index in [9.17, 15) is 0 Å². The maximum atomic E-state index is 2.36. The van der Waals surface area contributed by atoms with Crippen LogP contribution in [0.2, 0.25) is 0 Å². The summed E-state index contributed by atoms with van der Waals surface area (Å²) in [5.74, 6) is 0.558. The van der Waals surface area contributed by atoms with Gasteiger partial charge in [0.2, 0.25) is 5.69 Å². The Kier molecular flexibility index (Phi) is 4.75. The van der Waals surface area contributed by atoms with Crippen molar-refractivity contribution >= 4 is 0 Å². The predicted octanol–water partition coefficient (Wildman–Crippen LogP) is 5.20. The predicted molar refractivity (Wildman–Crippen MR) is 95.0 cm³/mol. The number of aryl methyl sites for hydroxylation is 2. The normalized spacial score (nSPS) is 12.0.